The van der Waals surface area contributed by atoms with Crippen LogP contribution in [0.15, 0.2) is 12.2 Å². The number of hydrogen-bond acceptors (Lipinski definition) is 2. The summed E-state index contributed by atoms with van der Waals surface area (Å²) >= 11 is 0. The van der Waals surface area contributed by atoms with Crippen LogP contribution in [0.2, 0.25) is 36.3 Å². The fourth-order valence-electron chi connectivity index (χ4n) is 2.04. The maximum Gasteiger partial charge on any atom is 0.137 e. The van der Waals surface area contributed by atoms with Crippen LogP contribution >= 0.6 is 0 Å². The molecule has 4 heteroatoms. The van der Waals surface area contributed by atoms with Gasteiger partial charge >= 0.3 is 0 Å². The summed E-state index contributed by atoms with van der Waals surface area (Å²) in [7, 11) is -3.38. The molecule has 1 aliphatic rings. The Bertz CT molecular complexity index is 437. The first kappa shape index (κ1) is 18.9. The minimum Gasteiger partial charge on any atom is -0.369 e. The van der Waals surface area contributed by atoms with Gasteiger partial charge in [-0.3, -0.25) is 0 Å². The lowest BCUT2D eigenvalue weighted by molar-refractivity contribution is -0.108. The van der Waals surface area contributed by atoms with Crippen molar-refractivity contribution in [2.75, 3.05) is 0 Å². The van der Waals surface area contributed by atoms with Gasteiger partial charge in [0, 0.05) is 0 Å². The molecule has 0 aromatic heterocycles. The molecule has 0 N–H and O–H groups in total. The summed E-state index contributed by atoms with van der Waals surface area (Å²) < 4.78 is 5.90. The van der Waals surface area contributed by atoms with Crippen molar-refractivity contribution in [3.63, 3.8) is 0 Å². The number of carbonyl (C=O) groups excluding carboxylic acids is 1. The van der Waals surface area contributed by atoms with Crippen LogP contribution in [0.25, 0.3) is 0 Å². The Morgan fingerprint density at radius 3 is 1.81 bits per heavy atom. The Labute approximate surface area is 133 Å². The second-order valence-corrected chi connectivity index (χ2v) is 20.3. The fourth-order valence-corrected chi connectivity index (χ4v) is 5.57. The second-order valence-electron chi connectivity index (χ2n) is 9.59. The molecule has 122 valence electrons. The zero-order valence-electron chi connectivity index (χ0n) is 15.6. The average molecular weight is 327 g/mol. The van der Waals surface area contributed by atoms with Crippen LogP contribution in [-0.4, -0.2) is 33.4 Å². The summed E-state index contributed by atoms with van der Waals surface area (Å²) in [6.45, 7) is 22.6. The van der Waals surface area contributed by atoms with Gasteiger partial charge in [0.25, 0.3) is 0 Å². The third kappa shape index (κ3) is 3.77. The molecule has 0 aliphatic carbocycles. The van der Waals surface area contributed by atoms with Crippen LogP contribution in [0.5, 0.6) is 0 Å². The van der Waals surface area contributed by atoms with E-state index in [2.05, 4.69) is 67.7 Å². The lowest BCUT2D eigenvalue weighted by atomic mass is 10.2. The minimum atomic E-state index is -1.92. The normalized spacial score (nSPS) is 24.5. The Morgan fingerprint density at radius 1 is 0.952 bits per heavy atom. The number of epoxide rings is 1. The van der Waals surface area contributed by atoms with E-state index < -0.39 is 16.1 Å². The summed E-state index contributed by atoms with van der Waals surface area (Å²) in [6.07, 6.45) is 4.00. The van der Waals surface area contributed by atoms with E-state index in [0.29, 0.717) is 16.2 Å². The third-order valence-corrected chi connectivity index (χ3v) is 17.0. The number of rotatable bonds is 4. The van der Waals surface area contributed by atoms with Gasteiger partial charge in [-0.1, -0.05) is 73.8 Å². The molecule has 0 spiro atoms. The highest BCUT2D eigenvalue weighted by molar-refractivity contribution is 7.07. The number of ether oxygens (including phenoxy) is 1. The molecule has 1 rings (SSSR count). The monoisotopic (exact) mass is 326 g/mol. The van der Waals surface area contributed by atoms with Crippen LogP contribution < -0.4 is 0 Å². The van der Waals surface area contributed by atoms with E-state index in [1.165, 1.54) is 0 Å². The van der Waals surface area contributed by atoms with Gasteiger partial charge in [0.05, 0.1) is 19.9 Å². The van der Waals surface area contributed by atoms with Crippen LogP contribution in [0.4, 0.5) is 0 Å². The van der Waals surface area contributed by atoms with Gasteiger partial charge in [0.15, 0.2) is 0 Å². The molecule has 1 saturated heterocycles. The Kier molecular flexibility index (Phi) is 4.90. The molecule has 2 nitrogen and oxygen atoms in total. The van der Waals surface area contributed by atoms with E-state index in [1.54, 1.807) is 0 Å². The van der Waals surface area contributed by atoms with Crippen LogP contribution in [-0.2, 0) is 9.53 Å². The molecular weight excluding hydrogens is 292 g/mol. The maximum absolute atomic E-state index is 12.5. The average Bonchev–Trinajstić information content (AvgIpc) is 3.02. The highest BCUT2D eigenvalue weighted by Gasteiger charge is 2.55. The lowest BCUT2D eigenvalue weighted by Crippen LogP contribution is -2.45. The summed E-state index contributed by atoms with van der Waals surface area (Å²) in [4.78, 5) is 12.5. The predicted molar refractivity (Wildman–Crippen MR) is 97.2 cm³/mol. The standard InChI is InChI=1S/C17H34O2Si2/c1-16(2,3)20(7,8)14(18)12-11-13-15(19-13)21(9,10)17(4,5)6/h11-13,15H,1-10H3/b12-11+/t13-,15-/m0/s1. The summed E-state index contributed by atoms with van der Waals surface area (Å²) in [5.41, 5.74) is 0.362. The number of carbonyl (C=O) groups is 1. The van der Waals surface area contributed by atoms with Crippen LogP contribution in [0, 0.1) is 0 Å². The van der Waals surface area contributed by atoms with Gasteiger partial charge in [0.1, 0.15) is 13.5 Å². The van der Waals surface area contributed by atoms with Crippen molar-refractivity contribution in [3.8, 4) is 0 Å². The second kappa shape index (κ2) is 5.46. The molecule has 0 aromatic rings. The maximum atomic E-state index is 12.5. The third-order valence-electron chi connectivity index (χ3n) is 6.10. The highest BCUT2D eigenvalue weighted by atomic mass is 28.3. The number of allylic oxidation sites excluding steroid dienone is 1. The molecular formula is C17H34O2Si2. The SMILES string of the molecule is CC(C)(C)[Si](C)(C)C(=O)/C=C/[C@@H]1O[C@H]1[Si](C)(C)C(C)(C)C. The van der Waals surface area contributed by atoms with Crippen LogP contribution in [0.3, 0.4) is 0 Å². The molecule has 0 radical (unpaired) electrons. The summed E-state index contributed by atoms with van der Waals surface area (Å²) in [6, 6.07) is 0. The van der Waals surface area contributed by atoms with E-state index in [9.17, 15) is 4.79 Å². The van der Waals surface area contributed by atoms with Crippen LogP contribution in [0.1, 0.15) is 41.5 Å². The number of hydrogen-bond donors (Lipinski definition) is 0. The molecule has 0 aromatic carbocycles. The minimum absolute atomic E-state index is 0.0949. The van der Waals surface area contributed by atoms with Crippen molar-refractivity contribution in [3.05, 3.63) is 12.2 Å². The Morgan fingerprint density at radius 2 is 1.43 bits per heavy atom. The van der Waals surface area contributed by atoms with Gasteiger partial charge in [-0.25, -0.2) is 0 Å². The van der Waals surface area contributed by atoms with Crippen molar-refractivity contribution < 1.29 is 9.53 Å². The molecule has 0 saturated carbocycles. The van der Waals surface area contributed by atoms with E-state index in [0.717, 1.165) is 0 Å². The molecule has 21 heavy (non-hydrogen) atoms. The van der Waals surface area contributed by atoms with Gasteiger partial charge in [0.2, 0.25) is 0 Å². The Hall–Kier alpha value is -0.196. The topological polar surface area (TPSA) is 29.6 Å². The molecule has 1 aliphatic heterocycles. The van der Waals surface area contributed by atoms with E-state index in [1.807, 2.05) is 12.2 Å². The molecule has 0 bridgehead atoms. The van der Waals surface area contributed by atoms with Crippen molar-refractivity contribution in [2.45, 2.75) is 89.6 Å². The zero-order chi connectivity index (χ0) is 16.9. The van der Waals surface area contributed by atoms with E-state index in [4.69, 9.17) is 4.74 Å². The first-order valence-electron chi connectivity index (χ1n) is 8.00. The first-order valence-corrected chi connectivity index (χ1v) is 14.1. The molecule has 0 unspecified atom stereocenters. The molecule has 1 fully saturated rings. The van der Waals surface area contributed by atoms with Crippen molar-refractivity contribution in [1.82, 2.24) is 0 Å². The predicted octanol–water partition coefficient (Wildman–Crippen LogP) is 4.97. The first-order chi connectivity index (χ1) is 9.12. The van der Waals surface area contributed by atoms with Gasteiger partial charge in [-0.15, -0.1) is 0 Å². The Balaban J connectivity index is 2.73. The van der Waals surface area contributed by atoms with E-state index >= 15 is 0 Å². The quantitative estimate of drug-likeness (QED) is 0.414. The lowest BCUT2D eigenvalue weighted by Gasteiger charge is -2.35. The smallest absolute Gasteiger partial charge is 0.137 e. The molecule has 2 atom stereocenters. The van der Waals surface area contributed by atoms with Crippen molar-refractivity contribution >= 4 is 21.6 Å². The highest BCUT2D eigenvalue weighted by Crippen LogP contribution is 2.46. The van der Waals surface area contributed by atoms with E-state index in [-0.39, 0.29) is 11.1 Å². The molecule has 0 amide bonds. The van der Waals surface area contributed by atoms with Gasteiger partial charge in [-0.05, 0) is 16.2 Å². The summed E-state index contributed by atoms with van der Waals surface area (Å²) in [5.74, 6) is 0. The largest absolute Gasteiger partial charge is 0.369 e. The zero-order valence-corrected chi connectivity index (χ0v) is 17.6. The fraction of sp³-hybridized carbons (Fsp3) is 0.824. The molecule has 1 heterocycles. The van der Waals surface area contributed by atoms with Crippen molar-refractivity contribution in [2.24, 2.45) is 0 Å². The van der Waals surface area contributed by atoms with Gasteiger partial charge < -0.3 is 9.53 Å². The summed E-state index contributed by atoms with van der Waals surface area (Å²) in [5, 5.41) is 0.751. The van der Waals surface area contributed by atoms with Crippen molar-refractivity contribution in [1.29, 1.82) is 0 Å². The van der Waals surface area contributed by atoms with Gasteiger partial charge in [-0.2, -0.15) is 0 Å².